The SMILES string of the molecule is c1ccc(-c2cc(-c3cc(-c4ccc5sc6ccccc6c5c4)cc(-c4ccc5sc6ccccc6c5c4)c3)nc(-c3cccc(-c4ncccn4)c3)n2)cc1. The van der Waals surface area contributed by atoms with E-state index in [9.17, 15) is 0 Å². The first-order valence-electron chi connectivity index (χ1n) is 18.5. The minimum absolute atomic E-state index is 0.642. The number of thiophene rings is 2. The van der Waals surface area contributed by atoms with Crippen molar-refractivity contribution in [3.8, 4) is 67.5 Å². The maximum Gasteiger partial charge on any atom is 0.160 e. The summed E-state index contributed by atoms with van der Waals surface area (Å²) >= 11 is 3.69. The Morgan fingerprint density at radius 2 is 0.768 bits per heavy atom. The molecule has 0 aliphatic carbocycles. The summed E-state index contributed by atoms with van der Waals surface area (Å²) in [7, 11) is 0. The average molecular weight is 751 g/mol. The molecule has 11 aromatic rings. The number of hydrogen-bond donors (Lipinski definition) is 0. The van der Waals surface area contributed by atoms with Crippen molar-refractivity contribution < 1.29 is 0 Å². The Hall–Kier alpha value is -6.86. The third kappa shape index (κ3) is 5.84. The molecular weight excluding hydrogens is 721 g/mol. The number of benzene rings is 7. The van der Waals surface area contributed by atoms with Gasteiger partial charge in [0.1, 0.15) is 0 Å². The molecule has 0 amide bonds. The van der Waals surface area contributed by atoms with Gasteiger partial charge in [0.05, 0.1) is 11.4 Å². The molecule has 0 spiro atoms. The summed E-state index contributed by atoms with van der Waals surface area (Å²) in [4.78, 5) is 19.5. The van der Waals surface area contributed by atoms with Gasteiger partial charge in [0.2, 0.25) is 0 Å². The minimum atomic E-state index is 0.642. The van der Waals surface area contributed by atoms with Crippen molar-refractivity contribution >= 4 is 63.0 Å². The van der Waals surface area contributed by atoms with Crippen LogP contribution in [0.25, 0.3) is 108 Å². The van der Waals surface area contributed by atoms with Gasteiger partial charge in [-0.15, -0.1) is 22.7 Å². The molecule has 262 valence electrons. The van der Waals surface area contributed by atoms with Crippen LogP contribution in [0, 0.1) is 0 Å². The van der Waals surface area contributed by atoms with Crippen LogP contribution < -0.4 is 0 Å². The highest BCUT2D eigenvalue weighted by Gasteiger charge is 2.16. The fraction of sp³-hybridized carbons (Fsp3) is 0. The zero-order valence-electron chi connectivity index (χ0n) is 29.9. The van der Waals surface area contributed by atoms with Crippen molar-refractivity contribution in [1.82, 2.24) is 19.9 Å². The average Bonchev–Trinajstić information content (AvgIpc) is 3.84. The van der Waals surface area contributed by atoms with Gasteiger partial charge < -0.3 is 0 Å². The molecule has 4 aromatic heterocycles. The van der Waals surface area contributed by atoms with E-state index < -0.39 is 0 Å². The summed E-state index contributed by atoms with van der Waals surface area (Å²) in [5.41, 5.74) is 10.2. The second kappa shape index (κ2) is 13.5. The molecule has 0 unspecified atom stereocenters. The van der Waals surface area contributed by atoms with Crippen LogP contribution in [0.3, 0.4) is 0 Å². The van der Waals surface area contributed by atoms with Crippen molar-refractivity contribution in [2.24, 2.45) is 0 Å². The van der Waals surface area contributed by atoms with Gasteiger partial charge in [-0.3, -0.25) is 0 Å². The predicted octanol–water partition coefficient (Wildman–Crippen LogP) is 14.0. The molecule has 4 heterocycles. The Bertz CT molecular complexity index is 3130. The third-order valence-corrected chi connectivity index (χ3v) is 12.7. The summed E-state index contributed by atoms with van der Waals surface area (Å²) in [6, 6.07) is 60.5. The third-order valence-electron chi connectivity index (χ3n) is 10.4. The van der Waals surface area contributed by atoms with E-state index in [1.54, 1.807) is 12.4 Å². The van der Waals surface area contributed by atoms with E-state index >= 15 is 0 Å². The number of hydrogen-bond acceptors (Lipinski definition) is 6. The van der Waals surface area contributed by atoms with Gasteiger partial charge in [0.25, 0.3) is 0 Å². The van der Waals surface area contributed by atoms with Gasteiger partial charge >= 0.3 is 0 Å². The fourth-order valence-electron chi connectivity index (χ4n) is 7.65. The summed E-state index contributed by atoms with van der Waals surface area (Å²) in [5.74, 6) is 1.31. The lowest BCUT2D eigenvalue weighted by atomic mass is 9.93. The van der Waals surface area contributed by atoms with Gasteiger partial charge in [-0.05, 0) is 95.1 Å². The molecule has 0 bridgehead atoms. The smallest absolute Gasteiger partial charge is 0.160 e. The highest BCUT2D eigenvalue weighted by molar-refractivity contribution is 7.26. The van der Waals surface area contributed by atoms with Crippen LogP contribution >= 0.6 is 22.7 Å². The summed E-state index contributed by atoms with van der Waals surface area (Å²) in [5, 5.41) is 5.13. The Balaban J connectivity index is 1.13. The van der Waals surface area contributed by atoms with Crippen LogP contribution in [0.5, 0.6) is 0 Å². The van der Waals surface area contributed by atoms with E-state index in [-0.39, 0.29) is 0 Å². The Morgan fingerprint density at radius 3 is 1.39 bits per heavy atom. The highest BCUT2D eigenvalue weighted by atomic mass is 32.1. The molecule has 0 atom stereocenters. The predicted molar refractivity (Wildman–Crippen MR) is 236 cm³/mol. The molecule has 11 rings (SSSR count). The Morgan fingerprint density at radius 1 is 0.286 bits per heavy atom. The van der Waals surface area contributed by atoms with Crippen LogP contribution in [-0.2, 0) is 0 Å². The van der Waals surface area contributed by atoms with Crippen molar-refractivity contribution in [2.45, 2.75) is 0 Å². The van der Waals surface area contributed by atoms with Crippen LogP contribution in [0.1, 0.15) is 0 Å². The molecule has 0 aliphatic heterocycles. The van der Waals surface area contributed by atoms with Crippen molar-refractivity contribution in [3.05, 3.63) is 182 Å². The van der Waals surface area contributed by atoms with E-state index in [0.717, 1.165) is 44.8 Å². The molecule has 0 aliphatic rings. The molecule has 0 saturated carbocycles. The topological polar surface area (TPSA) is 51.6 Å². The number of nitrogens with zero attached hydrogens (tertiary/aromatic N) is 4. The van der Waals surface area contributed by atoms with Gasteiger partial charge in [0.15, 0.2) is 11.6 Å². The Kier molecular flexibility index (Phi) is 7.83. The van der Waals surface area contributed by atoms with E-state index in [1.165, 1.54) is 51.5 Å². The lowest BCUT2D eigenvalue weighted by Crippen LogP contribution is -1.97. The molecule has 0 fully saturated rings. The fourth-order valence-corrected chi connectivity index (χ4v) is 9.82. The zero-order valence-corrected chi connectivity index (χ0v) is 31.6. The second-order valence-electron chi connectivity index (χ2n) is 13.9. The second-order valence-corrected chi connectivity index (χ2v) is 16.1. The van der Waals surface area contributed by atoms with E-state index in [0.29, 0.717) is 11.6 Å². The lowest BCUT2D eigenvalue weighted by Gasteiger charge is -2.14. The first-order valence-corrected chi connectivity index (χ1v) is 20.1. The molecule has 0 N–H and O–H groups in total. The van der Waals surface area contributed by atoms with Gasteiger partial charge in [-0.1, -0.05) is 97.1 Å². The molecule has 0 radical (unpaired) electrons. The summed E-state index contributed by atoms with van der Waals surface area (Å²) in [6.45, 7) is 0. The van der Waals surface area contributed by atoms with Crippen molar-refractivity contribution in [3.63, 3.8) is 0 Å². The Labute approximate surface area is 331 Å². The molecule has 56 heavy (non-hydrogen) atoms. The molecular formula is C50H30N4S2. The zero-order chi connectivity index (χ0) is 37.0. The van der Waals surface area contributed by atoms with Crippen molar-refractivity contribution in [1.29, 1.82) is 0 Å². The van der Waals surface area contributed by atoms with Crippen LogP contribution in [-0.4, -0.2) is 19.9 Å². The van der Waals surface area contributed by atoms with Crippen LogP contribution in [0.15, 0.2) is 182 Å². The van der Waals surface area contributed by atoms with E-state index in [1.807, 2.05) is 46.9 Å². The minimum Gasteiger partial charge on any atom is -0.237 e. The largest absolute Gasteiger partial charge is 0.237 e. The number of aromatic nitrogens is 4. The standard InChI is InChI=1S/C50H30N4S2/c1-2-10-31(11-3-1)43-30-44(54-50(53-43)35-13-8-12-34(24-35)49-51-22-9-23-52-49)38-26-36(32-18-20-47-41(28-32)39-14-4-6-16-45(39)55-47)25-37(27-38)33-19-21-48-42(29-33)40-15-5-7-17-46(40)56-48/h1-30H. The number of fused-ring (bicyclic) bond motifs is 6. The van der Waals surface area contributed by atoms with Crippen LogP contribution in [0.2, 0.25) is 0 Å². The first kappa shape index (κ1) is 32.6. The quantitative estimate of drug-likeness (QED) is 0.170. The molecule has 0 saturated heterocycles. The van der Waals surface area contributed by atoms with E-state index in [4.69, 9.17) is 9.97 Å². The van der Waals surface area contributed by atoms with Crippen molar-refractivity contribution in [2.75, 3.05) is 0 Å². The monoisotopic (exact) mass is 750 g/mol. The van der Waals surface area contributed by atoms with Gasteiger partial charge in [-0.25, -0.2) is 19.9 Å². The maximum atomic E-state index is 5.32. The maximum absolute atomic E-state index is 5.32. The molecule has 4 nitrogen and oxygen atoms in total. The highest BCUT2D eigenvalue weighted by Crippen LogP contribution is 2.41. The summed E-state index contributed by atoms with van der Waals surface area (Å²) in [6.07, 6.45) is 3.53. The lowest BCUT2D eigenvalue weighted by molar-refractivity contribution is 1.17. The molecule has 7 aromatic carbocycles. The first-order chi connectivity index (χ1) is 27.7. The number of rotatable bonds is 6. The summed E-state index contributed by atoms with van der Waals surface area (Å²) < 4.78 is 5.18. The normalized spacial score (nSPS) is 11.6. The molecule has 6 heteroatoms. The van der Waals surface area contributed by atoms with Crippen LogP contribution in [0.4, 0.5) is 0 Å². The van der Waals surface area contributed by atoms with E-state index in [2.05, 4.69) is 156 Å². The van der Waals surface area contributed by atoms with Gasteiger partial charge in [-0.2, -0.15) is 0 Å². The van der Waals surface area contributed by atoms with Gasteiger partial charge in [0, 0.05) is 75.0 Å².